The van der Waals surface area contributed by atoms with Gasteiger partial charge in [-0.3, -0.25) is 9.69 Å². The number of aryl methyl sites for hydroxylation is 1. The van der Waals surface area contributed by atoms with Crippen molar-refractivity contribution in [1.82, 2.24) is 19.9 Å². The van der Waals surface area contributed by atoms with Crippen molar-refractivity contribution >= 4 is 28.4 Å². The Morgan fingerprint density at radius 1 is 1.03 bits per heavy atom. The molecule has 1 aliphatic heterocycles. The third-order valence-electron chi connectivity index (χ3n) is 5.80. The molecule has 0 N–H and O–H groups in total. The van der Waals surface area contributed by atoms with Gasteiger partial charge < -0.3 is 9.42 Å². The normalized spacial score (nSPS) is 14.8. The Labute approximate surface area is 191 Å². The number of nitrogens with zero attached hydrogens (tertiary/aromatic N) is 4. The molecule has 162 valence electrons. The number of pyridine rings is 1. The van der Waals surface area contributed by atoms with Crippen molar-refractivity contribution < 1.29 is 9.32 Å². The fourth-order valence-corrected chi connectivity index (χ4v) is 4.24. The van der Waals surface area contributed by atoms with Crippen LogP contribution in [-0.4, -0.2) is 52.0 Å². The van der Waals surface area contributed by atoms with E-state index in [4.69, 9.17) is 21.1 Å². The third-order valence-corrected chi connectivity index (χ3v) is 6.05. The molecule has 0 saturated carbocycles. The summed E-state index contributed by atoms with van der Waals surface area (Å²) in [7, 11) is 0. The molecule has 32 heavy (non-hydrogen) atoms. The molecule has 4 aromatic rings. The summed E-state index contributed by atoms with van der Waals surface area (Å²) in [5.41, 5.74) is 4.07. The quantitative estimate of drug-likeness (QED) is 0.450. The highest BCUT2D eigenvalue weighted by Gasteiger charge is 2.25. The van der Waals surface area contributed by atoms with Crippen LogP contribution in [0.1, 0.15) is 21.8 Å². The Morgan fingerprint density at radius 2 is 1.78 bits per heavy atom. The van der Waals surface area contributed by atoms with E-state index in [2.05, 4.69) is 10.1 Å². The zero-order valence-electron chi connectivity index (χ0n) is 17.8. The number of halogens is 1. The van der Waals surface area contributed by atoms with Gasteiger partial charge in [0.15, 0.2) is 5.76 Å². The molecule has 7 heteroatoms. The molecule has 2 aromatic heterocycles. The largest absolute Gasteiger partial charge is 0.360 e. The standard InChI is InChI=1S/C25H23ClN4O2/c1-17-14-20(32-28-17)16-29-10-12-30(13-11-29)25(31)22-15-24(18-6-8-19(26)9-7-18)27-23-5-3-2-4-21(22)23/h2-9,14-15H,10-13,16H2,1H3. The lowest BCUT2D eigenvalue weighted by Gasteiger charge is -2.34. The molecular weight excluding hydrogens is 424 g/mol. The van der Waals surface area contributed by atoms with Gasteiger partial charge in [0, 0.05) is 48.2 Å². The van der Waals surface area contributed by atoms with E-state index in [9.17, 15) is 4.79 Å². The van der Waals surface area contributed by atoms with Gasteiger partial charge in [0.05, 0.1) is 29.0 Å². The molecular formula is C25H23ClN4O2. The number of hydrogen-bond donors (Lipinski definition) is 0. The number of piperazine rings is 1. The van der Waals surface area contributed by atoms with Crippen molar-refractivity contribution in [3.63, 3.8) is 0 Å². The van der Waals surface area contributed by atoms with Crippen molar-refractivity contribution in [2.24, 2.45) is 0 Å². The zero-order chi connectivity index (χ0) is 22.1. The number of carbonyl (C=O) groups excluding carboxylic acids is 1. The predicted molar refractivity (Wildman–Crippen MR) is 125 cm³/mol. The maximum absolute atomic E-state index is 13.5. The molecule has 0 atom stereocenters. The highest BCUT2D eigenvalue weighted by atomic mass is 35.5. The maximum atomic E-state index is 13.5. The summed E-state index contributed by atoms with van der Waals surface area (Å²) >= 11 is 6.05. The first-order valence-electron chi connectivity index (χ1n) is 10.7. The van der Waals surface area contributed by atoms with Gasteiger partial charge in [-0.15, -0.1) is 0 Å². The van der Waals surface area contributed by atoms with E-state index in [1.165, 1.54) is 0 Å². The molecule has 2 aromatic carbocycles. The molecule has 0 radical (unpaired) electrons. The summed E-state index contributed by atoms with van der Waals surface area (Å²) in [6, 6.07) is 19.2. The van der Waals surface area contributed by atoms with Crippen LogP contribution >= 0.6 is 11.6 Å². The lowest BCUT2D eigenvalue weighted by Crippen LogP contribution is -2.48. The van der Waals surface area contributed by atoms with E-state index >= 15 is 0 Å². The predicted octanol–water partition coefficient (Wildman–Crippen LogP) is 4.81. The molecule has 1 saturated heterocycles. The van der Waals surface area contributed by atoms with Gasteiger partial charge in [0.1, 0.15) is 0 Å². The van der Waals surface area contributed by atoms with E-state index in [1.54, 1.807) is 0 Å². The third kappa shape index (κ3) is 4.24. The molecule has 3 heterocycles. The van der Waals surface area contributed by atoms with Crippen LogP contribution in [0, 0.1) is 6.92 Å². The number of carbonyl (C=O) groups is 1. The minimum Gasteiger partial charge on any atom is -0.360 e. The lowest BCUT2D eigenvalue weighted by atomic mass is 10.0. The Hall–Kier alpha value is -3.22. The second kappa shape index (κ2) is 8.73. The van der Waals surface area contributed by atoms with Crippen LogP contribution in [0.2, 0.25) is 5.02 Å². The summed E-state index contributed by atoms with van der Waals surface area (Å²) in [5.74, 6) is 0.893. The Balaban J connectivity index is 1.39. The first kappa shape index (κ1) is 20.7. The van der Waals surface area contributed by atoms with E-state index in [1.807, 2.05) is 72.5 Å². The zero-order valence-corrected chi connectivity index (χ0v) is 18.5. The molecule has 1 fully saturated rings. The number of amides is 1. The van der Waals surface area contributed by atoms with E-state index in [-0.39, 0.29) is 5.91 Å². The van der Waals surface area contributed by atoms with Crippen LogP contribution in [-0.2, 0) is 6.54 Å². The number of fused-ring (bicyclic) bond motifs is 1. The van der Waals surface area contributed by atoms with Gasteiger partial charge in [0.2, 0.25) is 0 Å². The number of para-hydroxylation sites is 1. The highest BCUT2D eigenvalue weighted by molar-refractivity contribution is 6.30. The highest BCUT2D eigenvalue weighted by Crippen LogP contribution is 2.27. The van der Waals surface area contributed by atoms with Crippen molar-refractivity contribution in [2.45, 2.75) is 13.5 Å². The van der Waals surface area contributed by atoms with Gasteiger partial charge in [0.25, 0.3) is 5.91 Å². The molecule has 0 unspecified atom stereocenters. The fourth-order valence-electron chi connectivity index (χ4n) is 4.11. The Bertz CT molecular complexity index is 1260. The average Bonchev–Trinajstić information content (AvgIpc) is 3.23. The second-order valence-electron chi connectivity index (χ2n) is 8.08. The van der Waals surface area contributed by atoms with Gasteiger partial charge in [-0.2, -0.15) is 0 Å². The smallest absolute Gasteiger partial charge is 0.254 e. The topological polar surface area (TPSA) is 62.5 Å². The van der Waals surface area contributed by atoms with Crippen molar-refractivity contribution in [3.8, 4) is 11.3 Å². The Morgan fingerprint density at radius 3 is 2.50 bits per heavy atom. The van der Waals surface area contributed by atoms with E-state index < -0.39 is 0 Å². The first-order chi connectivity index (χ1) is 15.6. The number of aromatic nitrogens is 2. The fraction of sp³-hybridized carbons (Fsp3) is 0.240. The average molecular weight is 447 g/mol. The van der Waals surface area contributed by atoms with Crippen LogP contribution in [0.4, 0.5) is 0 Å². The van der Waals surface area contributed by atoms with Crippen molar-refractivity contribution in [2.75, 3.05) is 26.2 Å². The minimum atomic E-state index is 0.0361. The molecule has 6 nitrogen and oxygen atoms in total. The summed E-state index contributed by atoms with van der Waals surface area (Å²) in [6.07, 6.45) is 0. The van der Waals surface area contributed by atoms with Gasteiger partial charge in [-0.25, -0.2) is 4.98 Å². The summed E-state index contributed by atoms with van der Waals surface area (Å²) in [4.78, 5) is 22.5. The van der Waals surface area contributed by atoms with Crippen LogP contribution < -0.4 is 0 Å². The maximum Gasteiger partial charge on any atom is 0.254 e. The van der Waals surface area contributed by atoms with Gasteiger partial charge in [-0.1, -0.05) is 47.1 Å². The number of benzene rings is 2. The molecule has 5 rings (SSSR count). The monoisotopic (exact) mass is 446 g/mol. The molecule has 1 aliphatic rings. The SMILES string of the molecule is Cc1cc(CN2CCN(C(=O)c3cc(-c4ccc(Cl)cc4)nc4ccccc34)CC2)on1. The van der Waals surface area contributed by atoms with Crippen LogP contribution in [0.25, 0.3) is 22.2 Å². The van der Waals surface area contributed by atoms with Crippen LogP contribution in [0.3, 0.4) is 0 Å². The molecule has 0 aliphatic carbocycles. The van der Waals surface area contributed by atoms with Gasteiger partial charge >= 0.3 is 0 Å². The Kier molecular flexibility index (Phi) is 5.64. The lowest BCUT2D eigenvalue weighted by molar-refractivity contribution is 0.0619. The van der Waals surface area contributed by atoms with Crippen LogP contribution in [0.15, 0.2) is 65.2 Å². The van der Waals surface area contributed by atoms with Gasteiger partial charge in [-0.05, 0) is 31.2 Å². The summed E-state index contributed by atoms with van der Waals surface area (Å²) in [6.45, 7) is 5.54. The minimum absolute atomic E-state index is 0.0361. The van der Waals surface area contributed by atoms with E-state index in [0.29, 0.717) is 30.2 Å². The summed E-state index contributed by atoms with van der Waals surface area (Å²) in [5, 5.41) is 5.49. The van der Waals surface area contributed by atoms with Crippen LogP contribution in [0.5, 0.6) is 0 Å². The van der Waals surface area contributed by atoms with Crippen molar-refractivity contribution in [1.29, 1.82) is 0 Å². The second-order valence-corrected chi connectivity index (χ2v) is 8.52. The summed E-state index contributed by atoms with van der Waals surface area (Å²) < 4.78 is 5.33. The van der Waals surface area contributed by atoms with E-state index in [0.717, 1.165) is 46.7 Å². The number of rotatable bonds is 4. The number of hydrogen-bond acceptors (Lipinski definition) is 5. The first-order valence-corrected chi connectivity index (χ1v) is 11.0. The molecule has 0 bridgehead atoms. The van der Waals surface area contributed by atoms with Crippen molar-refractivity contribution in [3.05, 3.63) is 82.7 Å². The molecule has 1 amide bonds. The molecule has 0 spiro atoms.